The Morgan fingerprint density at radius 2 is 2.00 bits per heavy atom. The molecule has 0 bridgehead atoms. The molecule has 17 heavy (non-hydrogen) atoms. The molecule has 0 aliphatic heterocycles. The van der Waals surface area contributed by atoms with Gasteiger partial charge in [0.05, 0.1) is 7.11 Å². The van der Waals surface area contributed by atoms with Crippen LogP contribution < -0.4 is 9.64 Å². The standard InChI is InChI=1S/C12H17NO.C2H4O/c1-5-6-10-7-8-11(13(2)3)9-12(10)14-4;1-2-3/h5,7-9H,1,6H2,2-4H3;2H,1H3. The van der Waals surface area contributed by atoms with Crippen LogP contribution in [0.1, 0.15) is 12.5 Å². The number of hydrogen-bond acceptors (Lipinski definition) is 3. The van der Waals surface area contributed by atoms with Crippen molar-refractivity contribution in [2.24, 2.45) is 0 Å². The molecular formula is C14H21NO2. The Kier molecular flexibility index (Phi) is 7.52. The largest absolute Gasteiger partial charge is 0.496 e. The summed E-state index contributed by atoms with van der Waals surface area (Å²) in [6.07, 6.45) is 3.48. The predicted octanol–water partition coefficient (Wildman–Crippen LogP) is 2.69. The van der Waals surface area contributed by atoms with Gasteiger partial charge in [0.25, 0.3) is 0 Å². The van der Waals surface area contributed by atoms with E-state index in [0.29, 0.717) is 0 Å². The van der Waals surface area contributed by atoms with E-state index in [2.05, 4.69) is 23.6 Å². The highest BCUT2D eigenvalue weighted by atomic mass is 16.5. The first-order valence-corrected chi connectivity index (χ1v) is 5.45. The molecule has 0 heterocycles. The van der Waals surface area contributed by atoms with Gasteiger partial charge in [-0.25, -0.2) is 0 Å². The molecule has 3 nitrogen and oxygen atoms in total. The number of ether oxygens (including phenoxy) is 1. The summed E-state index contributed by atoms with van der Waals surface area (Å²) >= 11 is 0. The van der Waals surface area contributed by atoms with E-state index in [1.54, 1.807) is 7.11 Å². The SMILES string of the molecule is C=CCc1ccc(N(C)C)cc1OC.CC=O. The topological polar surface area (TPSA) is 29.5 Å². The molecule has 0 atom stereocenters. The van der Waals surface area contributed by atoms with E-state index in [9.17, 15) is 0 Å². The number of methoxy groups -OCH3 is 1. The van der Waals surface area contributed by atoms with E-state index in [-0.39, 0.29) is 0 Å². The van der Waals surface area contributed by atoms with Crippen molar-refractivity contribution in [3.05, 3.63) is 36.4 Å². The smallest absolute Gasteiger partial charge is 0.124 e. The second-order valence-electron chi connectivity index (χ2n) is 3.62. The minimum absolute atomic E-state index is 0.750. The number of anilines is 1. The van der Waals surface area contributed by atoms with Gasteiger partial charge in [-0.05, 0) is 25.0 Å². The van der Waals surface area contributed by atoms with Gasteiger partial charge in [-0.3, -0.25) is 0 Å². The molecule has 94 valence electrons. The van der Waals surface area contributed by atoms with E-state index in [4.69, 9.17) is 9.53 Å². The first-order chi connectivity index (χ1) is 8.10. The Bertz CT molecular complexity index is 359. The van der Waals surface area contributed by atoms with Crippen LogP contribution in [-0.4, -0.2) is 27.5 Å². The minimum atomic E-state index is 0.750. The molecule has 0 fully saturated rings. The van der Waals surface area contributed by atoms with Gasteiger partial charge in [0.15, 0.2) is 0 Å². The van der Waals surface area contributed by atoms with Crippen molar-refractivity contribution in [2.45, 2.75) is 13.3 Å². The van der Waals surface area contributed by atoms with Crippen molar-refractivity contribution in [3.63, 3.8) is 0 Å². The number of carbonyl (C=O) groups is 1. The number of allylic oxidation sites excluding steroid dienone is 1. The second-order valence-corrected chi connectivity index (χ2v) is 3.62. The molecule has 0 aliphatic rings. The van der Waals surface area contributed by atoms with Crippen LogP contribution in [0.5, 0.6) is 5.75 Å². The molecule has 0 spiro atoms. The number of nitrogens with zero attached hydrogens (tertiary/aromatic N) is 1. The summed E-state index contributed by atoms with van der Waals surface area (Å²) < 4.78 is 5.31. The normalized spacial score (nSPS) is 8.71. The maximum Gasteiger partial charge on any atom is 0.124 e. The number of rotatable bonds is 4. The van der Waals surface area contributed by atoms with Gasteiger partial charge < -0.3 is 14.4 Å². The van der Waals surface area contributed by atoms with Crippen LogP contribution in [0.2, 0.25) is 0 Å². The molecule has 0 aromatic heterocycles. The van der Waals surface area contributed by atoms with E-state index in [1.807, 2.05) is 26.2 Å². The van der Waals surface area contributed by atoms with Crippen LogP contribution in [0.15, 0.2) is 30.9 Å². The maximum atomic E-state index is 8.81. The quantitative estimate of drug-likeness (QED) is 0.593. The summed E-state index contributed by atoms with van der Waals surface area (Å²) in [4.78, 5) is 10.9. The maximum absolute atomic E-state index is 8.81. The van der Waals surface area contributed by atoms with Crippen LogP contribution in [-0.2, 0) is 11.2 Å². The van der Waals surface area contributed by atoms with Crippen molar-refractivity contribution in [2.75, 3.05) is 26.1 Å². The van der Waals surface area contributed by atoms with E-state index < -0.39 is 0 Å². The number of carbonyl (C=O) groups excluding carboxylic acids is 1. The van der Waals surface area contributed by atoms with Crippen molar-refractivity contribution >= 4 is 12.0 Å². The summed E-state index contributed by atoms with van der Waals surface area (Å²) in [6.45, 7) is 5.17. The Hall–Kier alpha value is -1.77. The Morgan fingerprint density at radius 1 is 1.41 bits per heavy atom. The predicted molar refractivity (Wildman–Crippen MR) is 73.0 cm³/mol. The highest BCUT2D eigenvalue weighted by Crippen LogP contribution is 2.25. The minimum Gasteiger partial charge on any atom is -0.496 e. The zero-order valence-corrected chi connectivity index (χ0v) is 11.1. The lowest BCUT2D eigenvalue weighted by molar-refractivity contribution is -0.106. The summed E-state index contributed by atoms with van der Waals surface area (Å²) in [5.74, 6) is 0.927. The first kappa shape index (κ1) is 15.2. The summed E-state index contributed by atoms with van der Waals surface area (Å²) in [5.41, 5.74) is 2.32. The molecular weight excluding hydrogens is 214 g/mol. The van der Waals surface area contributed by atoms with Crippen LogP contribution in [0, 0.1) is 0 Å². The van der Waals surface area contributed by atoms with Crippen molar-refractivity contribution in [1.82, 2.24) is 0 Å². The average molecular weight is 235 g/mol. The summed E-state index contributed by atoms with van der Waals surface area (Å²) in [7, 11) is 5.73. The van der Waals surface area contributed by atoms with E-state index >= 15 is 0 Å². The third kappa shape index (κ3) is 5.20. The molecule has 0 unspecified atom stereocenters. The molecule has 0 saturated heterocycles. The molecule has 0 saturated carbocycles. The van der Waals surface area contributed by atoms with Crippen LogP contribution in [0.25, 0.3) is 0 Å². The fourth-order valence-corrected chi connectivity index (χ4v) is 1.34. The Labute approximate surface area is 104 Å². The van der Waals surface area contributed by atoms with E-state index in [1.165, 1.54) is 12.5 Å². The van der Waals surface area contributed by atoms with Crippen molar-refractivity contribution in [3.8, 4) is 5.75 Å². The van der Waals surface area contributed by atoms with Crippen LogP contribution >= 0.6 is 0 Å². The van der Waals surface area contributed by atoms with Gasteiger partial charge in [0, 0.05) is 25.8 Å². The first-order valence-electron chi connectivity index (χ1n) is 5.45. The van der Waals surface area contributed by atoms with Gasteiger partial charge in [-0.15, -0.1) is 6.58 Å². The number of aldehydes is 1. The molecule has 0 aliphatic carbocycles. The molecule has 0 N–H and O–H groups in total. The van der Waals surface area contributed by atoms with Crippen LogP contribution in [0.3, 0.4) is 0 Å². The fourth-order valence-electron chi connectivity index (χ4n) is 1.34. The van der Waals surface area contributed by atoms with Gasteiger partial charge >= 0.3 is 0 Å². The van der Waals surface area contributed by atoms with Gasteiger partial charge in [-0.2, -0.15) is 0 Å². The van der Waals surface area contributed by atoms with Crippen LogP contribution in [0.4, 0.5) is 5.69 Å². The molecule has 1 aromatic rings. The number of benzene rings is 1. The third-order valence-corrected chi connectivity index (χ3v) is 2.15. The highest BCUT2D eigenvalue weighted by molar-refractivity contribution is 5.53. The number of hydrogen-bond donors (Lipinski definition) is 0. The Balaban J connectivity index is 0.000000770. The molecule has 0 amide bonds. The lowest BCUT2D eigenvalue weighted by atomic mass is 10.1. The molecule has 3 heteroatoms. The van der Waals surface area contributed by atoms with Gasteiger partial charge in [0.1, 0.15) is 12.0 Å². The zero-order chi connectivity index (χ0) is 13.3. The summed E-state index contributed by atoms with van der Waals surface area (Å²) in [6, 6.07) is 6.20. The second kappa shape index (κ2) is 8.39. The van der Waals surface area contributed by atoms with Crippen molar-refractivity contribution < 1.29 is 9.53 Å². The van der Waals surface area contributed by atoms with Gasteiger partial charge in [-0.1, -0.05) is 12.1 Å². The lowest BCUT2D eigenvalue weighted by Crippen LogP contribution is -2.08. The average Bonchev–Trinajstić information content (AvgIpc) is 2.30. The Morgan fingerprint density at radius 3 is 2.41 bits per heavy atom. The van der Waals surface area contributed by atoms with E-state index in [0.717, 1.165) is 24.1 Å². The third-order valence-electron chi connectivity index (χ3n) is 2.15. The molecule has 1 aromatic carbocycles. The van der Waals surface area contributed by atoms with Gasteiger partial charge in [0.2, 0.25) is 0 Å². The molecule has 0 radical (unpaired) electrons. The highest BCUT2D eigenvalue weighted by Gasteiger charge is 2.03. The zero-order valence-electron chi connectivity index (χ0n) is 11.1. The molecule has 1 rings (SSSR count). The fraction of sp³-hybridized carbons (Fsp3) is 0.357. The summed E-state index contributed by atoms with van der Waals surface area (Å²) in [5, 5.41) is 0. The van der Waals surface area contributed by atoms with Crippen molar-refractivity contribution in [1.29, 1.82) is 0 Å². The lowest BCUT2D eigenvalue weighted by Gasteiger charge is -2.15. The monoisotopic (exact) mass is 235 g/mol.